The number of carbonyl (C=O) groups is 1. The zero-order chi connectivity index (χ0) is 15.5. The molecule has 0 radical (unpaired) electrons. The maximum atomic E-state index is 12.1. The van der Waals surface area contributed by atoms with Crippen molar-refractivity contribution in [3.05, 3.63) is 28.2 Å². The zero-order valence-electron chi connectivity index (χ0n) is 13.0. The van der Waals surface area contributed by atoms with Crippen molar-refractivity contribution in [1.82, 2.24) is 10.2 Å². The van der Waals surface area contributed by atoms with Gasteiger partial charge in [-0.25, -0.2) is 0 Å². The van der Waals surface area contributed by atoms with Gasteiger partial charge in [-0.15, -0.1) is 0 Å². The number of nitrogens with one attached hydrogen (secondary N) is 1. The van der Waals surface area contributed by atoms with Gasteiger partial charge in [-0.1, -0.05) is 15.9 Å². The van der Waals surface area contributed by atoms with Gasteiger partial charge in [-0.2, -0.15) is 0 Å². The first kappa shape index (κ1) is 15.8. The number of methoxy groups -OCH3 is 1. The molecule has 1 saturated carbocycles. The Morgan fingerprint density at radius 1 is 1.32 bits per heavy atom. The number of hydrogen-bond donors (Lipinski definition) is 1. The lowest BCUT2D eigenvalue weighted by molar-refractivity contribution is -0.133. The van der Waals surface area contributed by atoms with Gasteiger partial charge in [0.05, 0.1) is 7.11 Å². The summed E-state index contributed by atoms with van der Waals surface area (Å²) >= 11 is 3.51. The average molecular weight is 367 g/mol. The van der Waals surface area contributed by atoms with Crippen molar-refractivity contribution in [3.63, 3.8) is 0 Å². The van der Waals surface area contributed by atoms with Crippen LogP contribution in [0.5, 0.6) is 5.75 Å². The smallest absolute Gasteiger partial charge is 0.225 e. The zero-order valence-corrected chi connectivity index (χ0v) is 14.6. The second-order valence-electron chi connectivity index (χ2n) is 6.21. The van der Waals surface area contributed by atoms with Gasteiger partial charge in [0, 0.05) is 41.6 Å². The molecule has 3 rings (SSSR count). The van der Waals surface area contributed by atoms with E-state index in [4.69, 9.17) is 4.74 Å². The Balaban J connectivity index is 1.49. The Morgan fingerprint density at radius 2 is 2.05 bits per heavy atom. The third-order valence-corrected chi connectivity index (χ3v) is 5.05. The first-order valence-electron chi connectivity index (χ1n) is 8.02. The molecular weight excluding hydrogens is 344 g/mol. The van der Waals surface area contributed by atoms with Gasteiger partial charge >= 0.3 is 0 Å². The summed E-state index contributed by atoms with van der Waals surface area (Å²) in [6, 6.07) is 6.55. The van der Waals surface area contributed by atoms with E-state index >= 15 is 0 Å². The molecule has 0 unspecified atom stereocenters. The minimum Gasteiger partial charge on any atom is -0.496 e. The number of nitrogens with zero attached hydrogens (tertiary/aromatic N) is 1. The number of likely N-dealkylation sites (tertiary alicyclic amines) is 1. The molecule has 2 aliphatic rings. The molecule has 1 aromatic rings. The van der Waals surface area contributed by atoms with Crippen molar-refractivity contribution in [2.24, 2.45) is 5.92 Å². The fourth-order valence-electron chi connectivity index (χ4n) is 3.03. The number of ether oxygens (including phenoxy) is 1. The summed E-state index contributed by atoms with van der Waals surface area (Å²) < 4.78 is 6.47. The van der Waals surface area contributed by atoms with E-state index in [2.05, 4.69) is 32.2 Å². The van der Waals surface area contributed by atoms with Crippen molar-refractivity contribution >= 4 is 21.8 Å². The highest BCUT2D eigenvalue weighted by molar-refractivity contribution is 9.10. The molecule has 0 aromatic heterocycles. The summed E-state index contributed by atoms with van der Waals surface area (Å²) in [6.07, 6.45) is 4.27. The van der Waals surface area contributed by atoms with Gasteiger partial charge in [0.1, 0.15) is 5.75 Å². The van der Waals surface area contributed by atoms with Crippen LogP contribution in [-0.2, 0) is 11.3 Å². The molecule has 22 heavy (non-hydrogen) atoms. The monoisotopic (exact) mass is 366 g/mol. The van der Waals surface area contributed by atoms with Crippen LogP contribution < -0.4 is 10.1 Å². The number of amides is 1. The molecule has 1 saturated heterocycles. The predicted octanol–water partition coefficient (Wildman–Crippen LogP) is 2.95. The van der Waals surface area contributed by atoms with E-state index in [1.807, 2.05) is 12.1 Å². The van der Waals surface area contributed by atoms with Crippen molar-refractivity contribution in [2.45, 2.75) is 38.3 Å². The number of carbonyl (C=O) groups excluding carboxylic acids is 1. The van der Waals surface area contributed by atoms with E-state index in [0.29, 0.717) is 17.9 Å². The number of halogens is 1. The predicted molar refractivity (Wildman–Crippen MR) is 89.9 cm³/mol. The largest absolute Gasteiger partial charge is 0.496 e. The van der Waals surface area contributed by atoms with Gasteiger partial charge in [0.25, 0.3) is 0 Å². The van der Waals surface area contributed by atoms with Crippen molar-refractivity contribution in [1.29, 1.82) is 0 Å². The summed E-state index contributed by atoms with van der Waals surface area (Å²) in [6.45, 7) is 2.58. The maximum absolute atomic E-state index is 12.1. The van der Waals surface area contributed by atoms with E-state index in [0.717, 1.165) is 61.1 Å². The summed E-state index contributed by atoms with van der Waals surface area (Å²) in [5.41, 5.74) is 1.16. The lowest BCUT2D eigenvalue weighted by atomic mass is 10.0. The van der Waals surface area contributed by atoms with Gasteiger partial charge in [0.15, 0.2) is 0 Å². The van der Waals surface area contributed by atoms with Crippen LogP contribution in [0.2, 0.25) is 0 Å². The molecule has 120 valence electrons. The van der Waals surface area contributed by atoms with Crippen molar-refractivity contribution in [2.75, 3.05) is 20.2 Å². The Hall–Kier alpha value is -1.07. The highest BCUT2D eigenvalue weighted by Crippen LogP contribution is 2.32. The molecule has 1 aliphatic heterocycles. The standard InChI is InChI=1S/C17H23BrN2O2/c1-22-16-5-4-14(18)10-13(16)11-19-15-6-8-20(9-7-15)17(21)12-2-3-12/h4-5,10,12,15,19H,2-3,6-9,11H2,1H3. The minimum absolute atomic E-state index is 0.343. The molecule has 5 heteroatoms. The van der Waals surface area contributed by atoms with Gasteiger partial charge in [-0.3, -0.25) is 4.79 Å². The van der Waals surface area contributed by atoms with Crippen LogP contribution in [0.3, 0.4) is 0 Å². The summed E-state index contributed by atoms with van der Waals surface area (Å²) in [5.74, 6) is 1.64. The number of piperidine rings is 1. The molecule has 2 fully saturated rings. The first-order chi connectivity index (χ1) is 10.7. The lowest BCUT2D eigenvalue weighted by Crippen LogP contribution is -2.45. The Morgan fingerprint density at radius 3 is 2.68 bits per heavy atom. The fraction of sp³-hybridized carbons (Fsp3) is 0.588. The quantitative estimate of drug-likeness (QED) is 0.870. The van der Waals surface area contributed by atoms with Crippen molar-refractivity contribution < 1.29 is 9.53 Å². The van der Waals surface area contributed by atoms with Gasteiger partial charge in [-0.05, 0) is 43.9 Å². The SMILES string of the molecule is COc1ccc(Br)cc1CNC1CCN(C(=O)C2CC2)CC1. The Labute approximate surface area is 140 Å². The van der Waals surface area contributed by atoms with E-state index in [-0.39, 0.29) is 0 Å². The number of hydrogen-bond acceptors (Lipinski definition) is 3. The highest BCUT2D eigenvalue weighted by Gasteiger charge is 2.34. The first-order valence-corrected chi connectivity index (χ1v) is 8.81. The van der Waals surface area contributed by atoms with Crippen LogP contribution in [0.25, 0.3) is 0 Å². The Bertz CT molecular complexity index is 537. The molecule has 0 atom stereocenters. The normalized spacial score (nSPS) is 19.3. The van der Waals surface area contributed by atoms with E-state index in [9.17, 15) is 4.79 Å². The minimum atomic E-state index is 0.343. The van der Waals surface area contributed by atoms with Gasteiger partial charge in [0.2, 0.25) is 5.91 Å². The maximum Gasteiger partial charge on any atom is 0.225 e. The van der Waals surface area contributed by atoms with Crippen LogP contribution in [0, 0.1) is 5.92 Å². The third kappa shape index (κ3) is 3.82. The molecular formula is C17H23BrN2O2. The summed E-state index contributed by atoms with van der Waals surface area (Å²) in [5, 5.41) is 3.61. The third-order valence-electron chi connectivity index (χ3n) is 4.56. The van der Waals surface area contributed by atoms with E-state index in [1.165, 1.54) is 0 Å². The number of benzene rings is 1. The molecule has 1 N–H and O–H groups in total. The average Bonchev–Trinajstić information content (AvgIpc) is 3.38. The van der Waals surface area contributed by atoms with Gasteiger partial charge < -0.3 is 15.0 Å². The number of rotatable bonds is 5. The Kier molecular flexibility index (Phi) is 5.03. The fourth-order valence-corrected chi connectivity index (χ4v) is 3.44. The van der Waals surface area contributed by atoms with E-state index < -0.39 is 0 Å². The molecule has 1 amide bonds. The second kappa shape index (κ2) is 7.01. The van der Waals surface area contributed by atoms with Crippen LogP contribution in [-0.4, -0.2) is 37.0 Å². The van der Waals surface area contributed by atoms with Crippen molar-refractivity contribution in [3.8, 4) is 5.75 Å². The molecule has 0 bridgehead atoms. The van der Waals surface area contributed by atoms with Crippen LogP contribution >= 0.6 is 15.9 Å². The second-order valence-corrected chi connectivity index (χ2v) is 7.13. The van der Waals surface area contributed by atoms with Crippen LogP contribution in [0.1, 0.15) is 31.2 Å². The van der Waals surface area contributed by atoms with E-state index in [1.54, 1.807) is 7.11 Å². The van der Waals surface area contributed by atoms with Crippen LogP contribution in [0.15, 0.2) is 22.7 Å². The lowest BCUT2D eigenvalue weighted by Gasteiger charge is -2.32. The molecule has 4 nitrogen and oxygen atoms in total. The topological polar surface area (TPSA) is 41.6 Å². The molecule has 0 spiro atoms. The highest BCUT2D eigenvalue weighted by atomic mass is 79.9. The van der Waals surface area contributed by atoms with Crippen LogP contribution in [0.4, 0.5) is 0 Å². The summed E-state index contributed by atoms with van der Waals surface area (Å²) in [7, 11) is 1.70. The molecule has 1 aliphatic carbocycles. The summed E-state index contributed by atoms with van der Waals surface area (Å²) in [4.78, 5) is 14.1. The molecule has 1 aromatic carbocycles. The molecule has 1 heterocycles.